The van der Waals surface area contributed by atoms with Crippen LogP contribution in [0.15, 0.2) is 18.3 Å². The number of hydrogen-bond acceptors (Lipinski definition) is 3. The fourth-order valence-electron chi connectivity index (χ4n) is 3.69. The molecule has 1 aromatic heterocycles. The van der Waals surface area contributed by atoms with Crippen molar-refractivity contribution in [3.63, 3.8) is 0 Å². The third-order valence-electron chi connectivity index (χ3n) is 5.49. The molecule has 1 aromatic rings. The third kappa shape index (κ3) is 6.09. The lowest BCUT2D eigenvalue weighted by Crippen LogP contribution is -2.48. The molecule has 2 rings (SSSR count). The second kappa shape index (κ2) is 10.5. The molecule has 1 aliphatic carbocycles. The molecule has 0 bridgehead atoms. The molecule has 6 heteroatoms. The number of aryl methyl sites for hydroxylation is 1. The van der Waals surface area contributed by atoms with Gasteiger partial charge in [0, 0.05) is 44.6 Å². The zero-order valence-corrected chi connectivity index (χ0v) is 17.3. The topological polar surface area (TPSA) is 54.8 Å². The van der Waals surface area contributed by atoms with Gasteiger partial charge in [-0.1, -0.05) is 19.3 Å². The Morgan fingerprint density at radius 2 is 1.96 bits per heavy atom. The van der Waals surface area contributed by atoms with Crippen molar-refractivity contribution < 1.29 is 14.3 Å². The van der Waals surface area contributed by atoms with Crippen LogP contribution in [-0.4, -0.2) is 59.0 Å². The molecule has 1 saturated carbocycles. The minimum Gasteiger partial charge on any atom is -0.383 e. The summed E-state index contributed by atoms with van der Waals surface area (Å²) < 4.78 is 7.20. The van der Waals surface area contributed by atoms with Crippen molar-refractivity contribution >= 4 is 11.8 Å². The van der Waals surface area contributed by atoms with Crippen LogP contribution in [0.3, 0.4) is 0 Å². The summed E-state index contributed by atoms with van der Waals surface area (Å²) in [6, 6.07) is 4.00. The molecule has 0 aliphatic heterocycles. The number of aromatic nitrogens is 1. The second-order valence-electron chi connectivity index (χ2n) is 7.81. The van der Waals surface area contributed by atoms with Gasteiger partial charge < -0.3 is 19.1 Å². The maximum absolute atomic E-state index is 13.1. The summed E-state index contributed by atoms with van der Waals surface area (Å²) in [6.07, 6.45) is 7.32. The van der Waals surface area contributed by atoms with Crippen LogP contribution in [0.25, 0.3) is 0 Å². The van der Waals surface area contributed by atoms with Gasteiger partial charge in [0.2, 0.25) is 11.8 Å². The third-order valence-corrected chi connectivity index (χ3v) is 5.49. The van der Waals surface area contributed by atoms with E-state index >= 15 is 0 Å². The highest BCUT2D eigenvalue weighted by molar-refractivity contribution is 5.86. The fraction of sp³-hybridized carbons (Fsp3) is 0.714. The average Bonchev–Trinajstić information content (AvgIpc) is 3.07. The molecule has 0 atom stereocenters. The first-order valence-electron chi connectivity index (χ1n) is 10.1. The monoisotopic (exact) mass is 377 g/mol. The summed E-state index contributed by atoms with van der Waals surface area (Å²) in [7, 11) is 3.61. The van der Waals surface area contributed by atoms with E-state index in [1.54, 1.807) is 16.9 Å². The zero-order valence-electron chi connectivity index (χ0n) is 17.3. The van der Waals surface area contributed by atoms with Gasteiger partial charge in [-0.25, -0.2) is 0 Å². The summed E-state index contributed by atoms with van der Waals surface area (Å²) in [4.78, 5) is 29.6. The number of rotatable bonds is 9. The van der Waals surface area contributed by atoms with Crippen LogP contribution in [0.1, 0.15) is 51.6 Å². The smallest absolute Gasteiger partial charge is 0.242 e. The van der Waals surface area contributed by atoms with Crippen molar-refractivity contribution in [2.24, 2.45) is 13.0 Å². The van der Waals surface area contributed by atoms with E-state index in [1.165, 1.54) is 6.42 Å². The summed E-state index contributed by atoms with van der Waals surface area (Å²) in [5.41, 5.74) is 1.06. The average molecular weight is 378 g/mol. The summed E-state index contributed by atoms with van der Waals surface area (Å²) >= 11 is 0. The molecule has 1 aliphatic rings. The van der Waals surface area contributed by atoms with Crippen LogP contribution in [0.2, 0.25) is 0 Å². The molecular formula is C21H35N3O3. The Morgan fingerprint density at radius 3 is 2.52 bits per heavy atom. The Kier molecular flexibility index (Phi) is 8.35. The van der Waals surface area contributed by atoms with Crippen molar-refractivity contribution in [3.8, 4) is 0 Å². The summed E-state index contributed by atoms with van der Waals surface area (Å²) in [5.74, 6) is 0.198. The van der Waals surface area contributed by atoms with Crippen molar-refractivity contribution in [1.82, 2.24) is 14.4 Å². The molecule has 27 heavy (non-hydrogen) atoms. The minimum atomic E-state index is -0.0221. The van der Waals surface area contributed by atoms with E-state index < -0.39 is 0 Å². The lowest BCUT2D eigenvalue weighted by Gasteiger charge is -2.33. The van der Waals surface area contributed by atoms with Crippen LogP contribution in [0, 0.1) is 5.92 Å². The van der Waals surface area contributed by atoms with E-state index in [-0.39, 0.29) is 30.3 Å². The Labute approximate surface area is 163 Å². The van der Waals surface area contributed by atoms with E-state index in [0.29, 0.717) is 19.7 Å². The Balaban J connectivity index is 2.06. The van der Waals surface area contributed by atoms with Gasteiger partial charge in [-0.3, -0.25) is 9.59 Å². The maximum Gasteiger partial charge on any atom is 0.242 e. The van der Waals surface area contributed by atoms with Crippen LogP contribution in [0.4, 0.5) is 0 Å². The molecule has 2 amide bonds. The quantitative estimate of drug-likeness (QED) is 0.665. The lowest BCUT2D eigenvalue weighted by atomic mass is 9.88. The highest BCUT2D eigenvalue weighted by Crippen LogP contribution is 2.26. The SMILES string of the molecule is COCCN(Cc1cccn1C)C(=O)CN(C(=O)C1CCCCC1)C(C)C. The molecular weight excluding hydrogens is 342 g/mol. The molecule has 0 spiro atoms. The Morgan fingerprint density at radius 1 is 1.26 bits per heavy atom. The van der Waals surface area contributed by atoms with E-state index in [4.69, 9.17) is 4.74 Å². The summed E-state index contributed by atoms with van der Waals surface area (Å²) in [6.45, 7) is 5.64. The minimum absolute atomic E-state index is 0.0164. The molecule has 0 saturated heterocycles. The lowest BCUT2D eigenvalue weighted by molar-refractivity contribution is -0.145. The Bertz CT molecular complexity index is 606. The number of carbonyl (C=O) groups is 2. The number of carbonyl (C=O) groups excluding carboxylic acids is 2. The van der Waals surface area contributed by atoms with Gasteiger partial charge >= 0.3 is 0 Å². The first-order valence-corrected chi connectivity index (χ1v) is 10.1. The van der Waals surface area contributed by atoms with Gasteiger partial charge in [0.25, 0.3) is 0 Å². The van der Waals surface area contributed by atoms with Crippen LogP contribution < -0.4 is 0 Å². The van der Waals surface area contributed by atoms with Gasteiger partial charge in [-0.15, -0.1) is 0 Å². The van der Waals surface area contributed by atoms with Crippen LogP contribution >= 0.6 is 0 Å². The van der Waals surface area contributed by atoms with E-state index in [2.05, 4.69) is 0 Å². The predicted molar refractivity (Wildman–Crippen MR) is 106 cm³/mol. The molecule has 152 valence electrons. The maximum atomic E-state index is 13.1. The summed E-state index contributed by atoms with van der Waals surface area (Å²) in [5, 5.41) is 0. The molecule has 6 nitrogen and oxygen atoms in total. The van der Waals surface area contributed by atoms with E-state index in [1.807, 2.05) is 43.8 Å². The number of amides is 2. The van der Waals surface area contributed by atoms with E-state index in [9.17, 15) is 9.59 Å². The highest BCUT2D eigenvalue weighted by Gasteiger charge is 2.30. The zero-order chi connectivity index (χ0) is 19.8. The van der Waals surface area contributed by atoms with Gasteiger partial charge in [0.1, 0.15) is 0 Å². The molecule has 0 aromatic carbocycles. The largest absolute Gasteiger partial charge is 0.383 e. The molecule has 0 radical (unpaired) electrons. The van der Waals surface area contributed by atoms with Gasteiger partial charge in [0.15, 0.2) is 0 Å². The number of methoxy groups -OCH3 is 1. The first-order chi connectivity index (χ1) is 12.9. The molecule has 1 fully saturated rings. The van der Waals surface area contributed by atoms with Crippen LogP contribution in [0.5, 0.6) is 0 Å². The van der Waals surface area contributed by atoms with Gasteiger partial charge in [0.05, 0.1) is 19.7 Å². The van der Waals surface area contributed by atoms with Crippen molar-refractivity contribution in [3.05, 3.63) is 24.0 Å². The van der Waals surface area contributed by atoms with Crippen molar-refractivity contribution in [1.29, 1.82) is 0 Å². The van der Waals surface area contributed by atoms with Crippen LogP contribution in [-0.2, 0) is 27.9 Å². The molecule has 1 heterocycles. The number of nitrogens with zero attached hydrogens (tertiary/aromatic N) is 3. The standard InChI is InChI=1S/C21H35N3O3/c1-17(2)24(21(26)18-9-6-5-7-10-18)16-20(25)23(13-14-27-4)15-19-11-8-12-22(19)3/h8,11-12,17-18H,5-7,9-10,13-16H2,1-4H3. The second-order valence-corrected chi connectivity index (χ2v) is 7.81. The van der Waals surface area contributed by atoms with Gasteiger partial charge in [-0.2, -0.15) is 0 Å². The normalized spacial score (nSPS) is 15.1. The van der Waals surface area contributed by atoms with Crippen molar-refractivity contribution in [2.75, 3.05) is 26.8 Å². The number of hydrogen-bond donors (Lipinski definition) is 0. The highest BCUT2D eigenvalue weighted by atomic mass is 16.5. The predicted octanol–water partition coefficient (Wildman–Crippen LogP) is 2.82. The van der Waals surface area contributed by atoms with Crippen molar-refractivity contribution in [2.45, 2.75) is 58.5 Å². The number of ether oxygens (including phenoxy) is 1. The first kappa shape index (κ1) is 21.5. The van der Waals surface area contributed by atoms with E-state index in [0.717, 1.165) is 31.4 Å². The Hall–Kier alpha value is -1.82. The molecule has 0 N–H and O–H groups in total. The molecule has 0 unspecified atom stereocenters. The fourth-order valence-corrected chi connectivity index (χ4v) is 3.69. The van der Waals surface area contributed by atoms with Gasteiger partial charge in [-0.05, 0) is 38.8 Å².